The summed E-state index contributed by atoms with van der Waals surface area (Å²) >= 11 is 0. The van der Waals surface area contributed by atoms with Gasteiger partial charge >= 0.3 is 5.97 Å². The van der Waals surface area contributed by atoms with Crippen molar-refractivity contribution in [3.63, 3.8) is 0 Å². The number of carboxylic acids is 1. The predicted octanol–water partition coefficient (Wildman–Crippen LogP) is -0.0673. The van der Waals surface area contributed by atoms with Crippen LogP contribution in [0.1, 0.15) is 28.4 Å². The van der Waals surface area contributed by atoms with E-state index in [0.29, 0.717) is 12.1 Å². The van der Waals surface area contributed by atoms with Gasteiger partial charge in [-0.15, -0.1) is 0 Å². The molecule has 0 radical (unpaired) electrons. The molecule has 1 aromatic rings. The van der Waals surface area contributed by atoms with E-state index in [4.69, 9.17) is 10.8 Å². The fourth-order valence-electron chi connectivity index (χ4n) is 1.48. The van der Waals surface area contributed by atoms with Gasteiger partial charge in [0.05, 0.1) is 18.1 Å². The van der Waals surface area contributed by atoms with Gasteiger partial charge in [-0.05, 0) is 12.1 Å². The Kier molecular flexibility index (Phi) is 4.52. The Morgan fingerprint density at radius 1 is 1.21 bits per heavy atom. The molecule has 2 unspecified atom stereocenters. The van der Waals surface area contributed by atoms with Gasteiger partial charge in [-0.25, -0.2) is 13.6 Å². The minimum Gasteiger partial charge on any atom is -0.478 e. The second kappa shape index (κ2) is 5.72. The Morgan fingerprint density at radius 3 is 2.26 bits per heavy atom. The summed E-state index contributed by atoms with van der Waals surface area (Å²) in [6, 6.07) is 0.834. The predicted molar refractivity (Wildman–Crippen MR) is 58.1 cm³/mol. The molecule has 104 valence electrons. The third kappa shape index (κ3) is 3.46. The monoisotopic (exact) mass is 275 g/mol. The van der Waals surface area contributed by atoms with Gasteiger partial charge in [0.15, 0.2) is 0 Å². The number of carbonyl (C=O) groups excluding carboxylic acids is 1. The maximum absolute atomic E-state index is 13.5. The highest BCUT2D eigenvalue weighted by Crippen LogP contribution is 2.24. The molecular formula is C11H11F2NO5. The minimum absolute atomic E-state index is 0.382. The molecule has 1 rings (SSSR count). The quantitative estimate of drug-likeness (QED) is 0.599. The molecule has 1 amide bonds. The van der Waals surface area contributed by atoms with Gasteiger partial charge in [0, 0.05) is 5.56 Å². The molecule has 8 heteroatoms. The van der Waals surface area contributed by atoms with Gasteiger partial charge < -0.3 is 21.1 Å². The molecule has 1 aromatic carbocycles. The first-order chi connectivity index (χ1) is 8.73. The summed E-state index contributed by atoms with van der Waals surface area (Å²) in [5.74, 6) is -5.09. The summed E-state index contributed by atoms with van der Waals surface area (Å²) in [6.45, 7) is 0. The number of rotatable bonds is 5. The van der Waals surface area contributed by atoms with E-state index in [1.165, 1.54) is 0 Å². The lowest BCUT2D eigenvalue weighted by atomic mass is 9.99. The number of primary amides is 1. The van der Waals surface area contributed by atoms with Gasteiger partial charge in [0.2, 0.25) is 5.91 Å². The molecule has 0 fully saturated rings. The Labute approximate surface area is 106 Å². The van der Waals surface area contributed by atoms with Crippen molar-refractivity contribution in [3.8, 4) is 0 Å². The molecule has 2 atom stereocenters. The maximum atomic E-state index is 13.5. The first-order valence-corrected chi connectivity index (χ1v) is 5.10. The van der Waals surface area contributed by atoms with E-state index in [0.717, 1.165) is 0 Å². The Bertz CT molecular complexity index is 520. The van der Waals surface area contributed by atoms with Crippen LogP contribution in [0.3, 0.4) is 0 Å². The van der Waals surface area contributed by atoms with E-state index in [1.54, 1.807) is 0 Å². The normalized spacial score (nSPS) is 13.9. The van der Waals surface area contributed by atoms with Crippen LogP contribution in [0, 0.1) is 11.6 Å². The molecule has 19 heavy (non-hydrogen) atoms. The Hall–Kier alpha value is -2.06. The van der Waals surface area contributed by atoms with E-state index in [2.05, 4.69) is 0 Å². The van der Waals surface area contributed by atoms with Crippen LogP contribution in [-0.4, -0.2) is 33.3 Å². The third-order valence-electron chi connectivity index (χ3n) is 2.41. The van der Waals surface area contributed by atoms with E-state index >= 15 is 0 Å². The average molecular weight is 275 g/mol. The molecule has 5 N–H and O–H groups in total. The number of carbonyl (C=O) groups is 2. The number of carboxylic acid groups (broad SMARTS) is 1. The standard InChI is InChI=1S/C11H11F2NO5/c12-6-2-5(11(18)19)7(13)1-4(6)10(17)8(15)3-9(14)16/h1-2,8,10,15,17H,3H2,(H2,14,16)(H,18,19). The van der Waals surface area contributed by atoms with E-state index in [1.807, 2.05) is 0 Å². The summed E-state index contributed by atoms with van der Waals surface area (Å²) < 4.78 is 26.9. The van der Waals surface area contributed by atoms with Crippen molar-refractivity contribution >= 4 is 11.9 Å². The van der Waals surface area contributed by atoms with Crippen LogP contribution in [0.15, 0.2) is 12.1 Å². The highest BCUT2D eigenvalue weighted by molar-refractivity contribution is 5.88. The van der Waals surface area contributed by atoms with E-state index in [9.17, 15) is 28.6 Å². The number of halogens is 2. The van der Waals surface area contributed by atoms with Crippen LogP contribution >= 0.6 is 0 Å². The number of aromatic carboxylic acids is 1. The van der Waals surface area contributed by atoms with Crippen LogP contribution in [0.2, 0.25) is 0 Å². The molecule has 0 saturated carbocycles. The first kappa shape index (κ1) is 15.0. The fraction of sp³-hybridized carbons (Fsp3) is 0.273. The average Bonchev–Trinajstić information content (AvgIpc) is 2.29. The molecule has 0 spiro atoms. The van der Waals surface area contributed by atoms with Crippen LogP contribution in [0.4, 0.5) is 8.78 Å². The minimum atomic E-state index is -1.90. The van der Waals surface area contributed by atoms with Crippen LogP contribution in [0.25, 0.3) is 0 Å². The van der Waals surface area contributed by atoms with Crippen molar-refractivity contribution < 1.29 is 33.7 Å². The lowest BCUT2D eigenvalue weighted by molar-refractivity contribution is -0.121. The summed E-state index contributed by atoms with van der Waals surface area (Å²) in [6.07, 6.45) is -4.27. The van der Waals surface area contributed by atoms with Crippen LogP contribution < -0.4 is 5.73 Å². The third-order valence-corrected chi connectivity index (χ3v) is 2.41. The molecular weight excluding hydrogens is 264 g/mol. The number of benzene rings is 1. The number of hydrogen-bond donors (Lipinski definition) is 4. The van der Waals surface area contributed by atoms with Crippen LogP contribution in [0.5, 0.6) is 0 Å². The second-order valence-electron chi connectivity index (χ2n) is 3.84. The van der Waals surface area contributed by atoms with E-state index < -0.39 is 53.3 Å². The zero-order chi connectivity index (χ0) is 14.7. The summed E-state index contributed by atoms with van der Waals surface area (Å²) in [4.78, 5) is 21.1. The maximum Gasteiger partial charge on any atom is 0.338 e. The zero-order valence-corrected chi connectivity index (χ0v) is 9.51. The number of nitrogens with two attached hydrogens (primary N) is 1. The summed E-state index contributed by atoms with van der Waals surface area (Å²) in [7, 11) is 0. The van der Waals surface area contributed by atoms with E-state index in [-0.39, 0.29) is 0 Å². The zero-order valence-electron chi connectivity index (χ0n) is 9.51. The van der Waals surface area contributed by atoms with Crippen LogP contribution in [-0.2, 0) is 4.79 Å². The molecule has 0 aliphatic carbocycles. The number of amides is 1. The van der Waals surface area contributed by atoms with Crippen molar-refractivity contribution in [2.75, 3.05) is 0 Å². The van der Waals surface area contributed by atoms with Gasteiger partial charge in [0.25, 0.3) is 0 Å². The molecule has 0 saturated heterocycles. The first-order valence-electron chi connectivity index (χ1n) is 5.10. The Balaban J connectivity index is 3.11. The molecule has 0 aliphatic rings. The molecule has 6 nitrogen and oxygen atoms in total. The summed E-state index contributed by atoms with van der Waals surface area (Å²) in [5.41, 5.74) is 3.22. The van der Waals surface area contributed by atoms with Gasteiger partial charge in [-0.1, -0.05) is 0 Å². The van der Waals surface area contributed by atoms with Gasteiger partial charge in [-0.2, -0.15) is 0 Å². The van der Waals surface area contributed by atoms with Crippen molar-refractivity contribution in [1.82, 2.24) is 0 Å². The van der Waals surface area contributed by atoms with Gasteiger partial charge in [-0.3, -0.25) is 4.79 Å². The highest BCUT2D eigenvalue weighted by atomic mass is 19.1. The topological polar surface area (TPSA) is 121 Å². The van der Waals surface area contributed by atoms with Crippen molar-refractivity contribution in [2.24, 2.45) is 5.73 Å². The molecule has 0 heterocycles. The van der Waals surface area contributed by atoms with Crippen molar-refractivity contribution in [2.45, 2.75) is 18.6 Å². The number of aliphatic hydroxyl groups excluding tert-OH is 2. The van der Waals surface area contributed by atoms with Crippen molar-refractivity contribution in [3.05, 3.63) is 34.9 Å². The largest absolute Gasteiger partial charge is 0.478 e. The molecule has 0 aliphatic heterocycles. The highest BCUT2D eigenvalue weighted by Gasteiger charge is 2.25. The van der Waals surface area contributed by atoms with Crippen molar-refractivity contribution in [1.29, 1.82) is 0 Å². The fourth-order valence-corrected chi connectivity index (χ4v) is 1.48. The second-order valence-corrected chi connectivity index (χ2v) is 3.84. The number of hydrogen-bond acceptors (Lipinski definition) is 4. The summed E-state index contributed by atoms with van der Waals surface area (Å²) in [5, 5.41) is 27.5. The number of aliphatic hydroxyl groups is 2. The lowest BCUT2D eigenvalue weighted by Gasteiger charge is -2.17. The van der Waals surface area contributed by atoms with Gasteiger partial charge in [0.1, 0.15) is 17.7 Å². The lowest BCUT2D eigenvalue weighted by Crippen LogP contribution is -2.26. The molecule has 0 aromatic heterocycles. The molecule has 0 bridgehead atoms. The SMILES string of the molecule is NC(=O)CC(O)C(O)c1cc(F)c(C(=O)O)cc1F. The Morgan fingerprint density at radius 2 is 1.79 bits per heavy atom. The smallest absolute Gasteiger partial charge is 0.338 e.